The quantitative estimate of drug-likeness (QED) is 0.0593. The highest BCUT2D eigenvalue weighted by Crippen LogP contribution is 2.25. The summed E-state index contributed by atoms with van der Waals surface area (Å²) in [7, 11) is 0. The maximum atomic E-state index is 13.5. The van der Waals surface area contributed by atoms with E-state index in [-0.39, 0.29) is 6.04 Å². The normalized spacial score (nSPS) is 16.2. The number of hydrogen-bond donors (Lipinski definition) is 2. The van der Waals surface area contributed by atoms with E-state index in [9.17, 15) is 19.8 Å². The fourth-order valence-corrected chi connectivity index (χ4v) is 11.0. The number of aliphatic hydroxyl groups is 2. The fraction of sp³-hybridized carbons (Fsp3) is 0.968. The summed E-state index contributed by atoms with van der Waals surface area (Å²) in [6.07, 6.45) is 55.6. The van der Waals surface area contributed by atoms with Crippen LogP contribution in [0.15, 0.2) is 0 Å². The molecule has 1 saturated carbocycles. The second-order valence-electron chi connectivity index (χ2n) is 22.4. The van der Waals surface area contributed by atoms with Gasteiger partial charge in [0.15, 0.2) is 0 Å². The Morgan fingerprint density at radius 1 is 0.304 bits per heavy atom. The molecule has 410 valence electrons. The Bertz CT molecular complexity index is 970. The van der Waals surface area contributed by atoms with Crippen LogP contribution in [0.3, 0.4) is 0 Å². The van der Waals surface area contributed by atoms with Crippen molar-refractivity contribution in [1.82, 2.24) is 14.7 Å². The summed E-state index contributed by atoms with van der Waals surface area (Å²) in [5.41, 5.74) is 0. The third kappa shape index (κ3) is 40.9. The van der Waals surface area contributed by atoms with Crippen molar-refractivity contribution in [3.05, 3.63) is 0 Å². The van der Waals surface area contributed by atoms with E-state index in [1.807, 2.05) is 0 Å². The minimum atomic E-state index is -0.410. The van der Waals surface area contributed by atoms with Crippen molar-refractivity contribution < 1.29 is 19.8 Å². The number of carbonyl (C=O) groups is 2. The topological polar surface area (TPSA) is 84.3 Å². The molecule has 1 fully saturated rings. The molecule has 1 aliphatic rings. The number of unbranched alkanes of at least 4 members (excludes halogenated alkanes) is 36. The monoisotopic (exact) mass is 974 g/mol. The lowest BCUT2D eigenvalue weighted by Gasteiger charge is -2.38. The summed E-state index contributed by atoms with van der Waals surface area (Å²) in [5, 5.41) is 21.2. The van der Waals surface area contributed by atoms with Crippen LogP contribution in [0.2, 0.25) is 0 Å². The van der Waals surface area contributed by atoms with Crippen molar-refractivity contribution >= 4 is 11.8 Å². The molecule has 2 N–H and O–H groups in total. The summed E-state index contributed by atoms with van der Waals surface area (Å²) >= 11 is 0. The van der Waals surface area contributed by atoms with Crippen molar-refractivity contribution in [3.8, 4) is 0 Å². The molecule has 7 heteroatoms. The van der Waals surface area contributed by atoms with E-state index in [0.29, 0.717) is 31.1 Å². The first-order valence-electron chi connectivity index (χ1n) is 31.5. The molecule has 1 aliphatic carbocycles. The van der Waals surface area contributed by atoms with Gasteiger partial charge in [-0.2, -0.15) is 0 Å². The molecule has 69 heavy (non-hydrogen) atoms. The van der Waals surface area contributed by atoms with Gasteiger partial charge in [-0.1, -0.05) is 246 Å². The zero-order chi connectivity index (χ0) is 50.1. The van der Waals surface area contributed by atoms with E-state index >= 15 is 0 Å². The fourth-order valence-electron chi connectivity index (χ4n) is 11.0. The van der Waals surface area contributed by atoms with Crippen LogP contribution in [-0.2, 0) is 9.59 Å². The van der Waals surface area contributed by atoms with Crippen LogP contribution in [0.1, 0.15) is 329 Å². The minimum Gasteiger partial charge on any atom is -0.393 e. The standard InChI is InChI=1S/C62H123N3O4/c1-5-9-13-17-21-25-33-43-51-64(52-44-34-26-22-18-14-10-6-2)61(68)47-39-31-29-37-41-49-63(58-55-59(66)57-60(67)56-58)50-42-38-30-32-40-48-62(69)65(53-45-35-27-23-19-15-11-7-3)54-46-36-28-24-20-16-12-8-4/h58-60,66-67H,5-57H2,1-4H3. The molecule has 0 aliphatic heterocycles. The van der Waals surface area contributed by atoms with Gasteiger partial charge in [0.2, 0.25) is 11.8 Å². The molecule has 0 heterocycles. The van der Waals surface area contributed by atoms with Crippen LogP contribution >= 0.6 is 0 Å². The Balaban J connectivity index is 2.49. The van der Waals surface area contributed by atoms with E-state index in [1.165, 1.54) is 205 Å². The van der Waals surface area contributed by atoms with Crippen molar-refractivity contribution in [3.63, 3.8) is 0 Å². The lowest BCUT2D eigenvalue weighted by molar-refractivity contribution is -0.132. The molecule has 0 saturated heterocycles. The van der Waals surface area contributed by atoms with Gasteiger partial charge in [0.1, 0.15) is 0 Å². The Morgan fingerprint density at radius 2 is 0.522 bits per heavy atom. The highest BCUT2D eigenvalue weighted by molar-refractivity contribution is 5.76. The Labute approximate surface area is 431 Å². The Morgan fingerprint density at radius 3 is 0.783 bits per heavy atom. The van der Waals surface area contributed by atoms with Crippen LogP contribution in [0.25, 0.3) is 0 Å². The lowest BCUT2D eigenvalue weighted by Crippen LogP contribution is -2.45. The van der Waals surface area contributed by atoms with Gasteiger partial charge >= 0.3 is 0 Å². The summed E-state index contributed by atoms with van der Waals surface area (Å²) < 4.78 is 0. The molecule has 0 bridgehead atoms. The number of hydrogen-bond acceptors (Lipinski definition) is 5. The second-order valence-corrected chi connectivity index (χ2v) is 22.4. The maximum Gasteiger partial charge on any atom is 0.222 e. The van der Waals surface area contributed by atoms with E-state index in [4.69, 9.17) is 0 Å². The molecular weight excluding hydrogens is 851 g/mol. The van der Waals surface area contributed by atoms with Gasteiger partial charge in [-0.15, -0.1) is 0 Å². The Hall–Kier alpha value is -1.18. The first-order valence-corrected chi connectivity index (χ1v) is 31.5. The van der Waals surface area contributed by atoms with Crippen molar-refractivity contribution in [2.45, 2.75) is 348 Å². The molecule has 2 amide bonds. The first-order chi connectivity index (χ1) is 33.9. The maximum absolute atomic E-state index is 13.5. The van der Waals surface area contributed by atoms with Gasteiger partial charge in [0.25, 0.3) is 0 Å². The van der Waals surface area contributed by atoms with Crippen LogP contribution in [-0.4, -0.2) is 94.2 Å². The molecule has 0 spiro atoms. The van der Waals surface area contributed by atoms with Crippen LogP contribution in [0.5, 0.6) is 0 Å². The number of nitrogens with zero attached hydrogens (tertiary/aromatic N) is 3. The van der Waals surface area contributed by atoms with Gasteiger partial charge in [-0.25, -0.2) is 0 Å². The Kier molecular flexibility index (Phi) is 48.0. The molecule has 0 aromatic carbocycles. The molecule has 2 atom stereocenters. The first kappa shape index (κ1) is 65.8. The predicted molar refractivity (Wildman–Crippen MR) is 300 cm³/mol. The van der Waals surface area contributed by atoms with E-state index in [0.717, 1.165) is 116 Å². The number of rotatable bonds is 53. The highest BCUT2D eigenvalue weighted by Gasteiger charge is 2.30. The average molecular weight is 975 g/mol. The summed E-state index contributed by atoms with van der Waals surface area (Å²) in [4.78, 5) is 34.0. The van der Waals surface area contributed by atoms with Gasteiger partial charge in [-0.05, 0) is 83.7 Å². The van der Waals surface area contributed by atoms with Gasteiger partial charge in [0, 0.05) is 45.1 Å². The van der Waals surface area contributed by atoms with Gasteiger partial charge in [-0.3, -0.25) is 9.59 Å². The smallest absolute Gasteiger partial charge is 0.222 e. The second kappa shape index (κ2) is 50.4. The van der Waals surface area contributed by atoms with Gasteiger partial charge < -0.3 is 24.9 Å². The number of amides is 2. The highest BCUT2D eigenvalue weighted by atomic mass is 16.3. The van der Waals surface area contributed by atoms with Gasteiger partial charge in [0.05, 0.1) is 12.2 Å². The SMILES string of the molecule is CCCCCCCCCCN(CCCCCCCCCC)C(=O)CCCCCCCN(CCCCCCCC(=O)N(CCCCCCCCCC)CCCCCCCCCC)C1CC(O)CC(O)C1. The third-order valence-electron chi connectivity index (χ3n) is 15.7. The molecule has 0 aromatic rings. The molecule has 7 nitrogen and oxygen atoms in total. The molecule has 0 radical (unpaired) electrons. The predicted octanol–water partition coefficient (Wildman–Crippen LogP) is 17.5. The molecule has 1 rings (SSSR count). The van der Waals surface area contributed by atoms with Crippen molar-refractivity contribution in [2.24, 2.45) is 0 Å². The number of carbonyl (C=O) groups excluding carboxylic acids is 2. The van der Waals surface area contributed by atoms with Crippen LogP contribution in [0, 0.1) is 0 Å². The zero-order valence-corrected chi connectivity index (χ0v) is 47.3. The number of aliphatic hydroxyl groups excluding tert-OH is 2. The van der Waals surface area contributed by atoms with E-state index < -0.39 is 12.2 Å². The van der Waals surface area contributed by atoms with Crippen molar-refractivity contribution in [1.29, 1.82) is 0 Å². The minimum absolute atomic E-state index is 0.250. The average Bonchev–Trinajstić information content (AvgIpc) is 3.34. The third-order valence-corrected chi connectivity index (χ3v) is 15.7. The summed E-state index contributed by atoms with van der Waals surface area (Å²) in [6, 6.07) is 0.250. The van der Waals surface area contributed by atoms with Crippen molar-refractivity contribution in [2.75, 3.05) is 39.3 Å². The van der Waals surface area contributed by atoms with Crippen LogP contribution in [0.4, 0.5) is 0 Å². The summed E-state index contributed by atoms with van der Waals surface area (Å²) in [6.45, 7) is 15.0. The lowest BCUT2D eigenvalue weighted by atomic mass is 9.89. The largest absolute Gasteiger partial charge is 0.393 e. The van der Waals surface area contributed by atoms with E-state index in [1.54, 1.807) is 0 Å². The van der Waals surface area contributed by atoms with Crippen LogP contribution < -0.4 is 0 Å². The zero-order valence-electron chi connectivity index (χ0n) is 47.3. The molecular formula is C62H123N3O4. The molecule has 0 aromatic heterocycles. The van der Waals surface area contributed by atoms with E-state index in [2.05, 4.69) is 42.4 Å². The summed E-state index contributed by atoms with van der Waals surface area (Å²) in [5.74, 6) is 0.774. The molecule has 2 unspecified atom stereocenters.